The molecule has 1 unspecified atom stereocenters. The van der Waals surface area contributed by atoms with E-state index in [1.54, 1.807) is 51.5 Å². The summed E-state index contributed by atoms with van der Waals surface area (Å²) >= 11 is 0. The minimum Gasteiger partial charge on any atom is -0.497 e. The third kappa shape index (κ3) is 6.46. The highest BCUT2D eigenvalue weighted by atomic mass is 19.1. The highest BCUT2D eigenvalue weighted by Crippen LogP contribution is 2.35. The maximum Gasteiger partial charge on any atom is 0.310 e. The molecule has 0 aliphatic carbocycles. The van der Waals surface area contributed by atoms with E-state index in [2.05, 4.69) is 24.5 Å². The van der Waals surface area contributed by atoms with E-state index < -0.39 is 5.97 Å². The summed E-state index contributed by atoms with van der Waals surface area (Å²) in [4.78, 5) is 12.6. The summed E-state index contributed by atoms with van der Waals surface area (Å²) < 4.78 is 39.7. The molecule has 0 fully saturated rings. The van der Waals surface area contributed by atoms with Crippen molar-refractivity contribution in [3.05, 3.63) is 83.3 Å². The van der Waals surface area contributed by atoms with Crippen LogP contribution in [0.2, 0.25) is 0 Å². The zero-order valence-electron chi connectivity index (χ0n) is 23.7. The molecular formula is C32H37FN2O5. The van der Waals surface area contributed by atoms with Gasteiger partial charge in [0.25, 0.3) is 0 Å². The van der Waals surface area contributed by atoms with E-state index in [-0.39, 0.29) is 37.5 Å². The Morgan fingerprint density at radius 1 is 1.00 bits per heavy atom. The van der Waals surface area contributed by atoms with Gasteiger partial charge in [-0.05, 0) is 68.3 Å². The normalized spacial score (nSPS) is 12.1. The molecule has 40 heavy (non-hydrogen) atoms. The van der Waals surface area contributed by atoms with E-state index in [1.807, 2.05) is 24.4 Å². The number of nitrogens with two attached hydrogens (primary N) is 1. The van der Waals surface area contributed by atoms with Crippen LogP contribution in [0.15, 0.2) is 60.8 Å². The second-order valence-corrected chi connectivity index (χ2v) is 10.1. The van der Waals surface area contributed by atoms with E-state index in [4.69, 9.17) is 24.7 Å². The first kappa shape index (κ1) is 29.1. The third-order valence-electron chi connectivity index (χ3n) is 6.77. The van der Waals surface area contributed by atoms with Crippen molar-refractivity contribution in [2.24, 2.45) is 5.73 Å². The molecule has 0 bridgehead atoms. The van der Waals surface area contributed by atoms with Gasteiger partial charge in [-0.3, -0.25) is 4.79 Å². The SMILES string of the molecule is COCC(C)OC(=O)Cc1cc(OC)ccc1OCc1cc(-c2cccc(CN)c2F)c2ccn(C(C)C)c2c1. The van der Waals surface area contributed by atoms with Gasteiger partial charge in [-0.15, -0.1) is 0 Å². The molecular weight excluding hydrogens is 511 g/mol. The lowest BCUT2D eigenvalue weighted by atomic mass is 9.96. The summed E-state index contributed by atoms with van der Waals surface area (Å²) in [6.07, 6.45) is 1.66. The molecule has 3 aromatic carbocycles. The Kier molecular flexibility index (Phi) is 9.45. The fourth-order valence-electron chi connectivity index (χ4n) is 4.84. The van der Waals surface area contributed by atoms with Crippen LogP contribution in [0.25, 0.3) is 22.0 Å². The number of hydrogen-bond donors (Lipinski definition) is 1. The lowest BCUT2D eigenvalue weighted by Crippen LogP contribution is -2.21. The summed E-state index contributed by atoms with van der Waals surface area (Å²) in [6, 6.07) is 16.9. The van der Waals surface area contributed by atoms with E-state index in [0.717, 1.165) is 22.0 Å². The molecule has 0 saturated carbocycles. The highest BCUT2D eigenvalue weighted by molar-refractivity contribution is 5.96. The third-order valence-corrected chi connectivity index (χ3v) is 6.77. The van der Waals surface area contributed by atoms with Gasteiger partial charge >= 0.3 is 5.97 Å². The molecule has 0 aliphatic rings. The van der Waals surface area contributed by atoms with Gasteiger partial charge in [-0.2, -0.15) is 0 Å². The van der Waals surface area contributed by atoms with Gasteiger partial charge in [0.1, 0.15) is 30.0 Å². The summed E-state index contributed by atoms with van der Waals surface area (Å²) in [7, 11) is 3.13. The standard InChI is InChI=1S/C32H37FN2O5/c1-20(2)35-12-11-26-28(27-8-6-7-23(17-34)32(27)33)13-22(14-29(26)35)19-39-30-10-9-25(38-5)15-24(30)16-31(36)40-21(3)18-37-4/h6-15,20-21H,16-19,34H2,1-5H3. The Labute approximate surface area is 234 Å². The molecule has 4 aromatic rings. The second-order valence-electron chi connectivity index (χ2n) is 10.1. The molecule has 1 aromatic heterocycles. The lowest BCUT2D eigenvalue weighted by molar-refractivity contribution is -0.149. The molecule has 2 N–H and O–H groups in total. The fraction of sp³-hybridized carbons (Fsp3) is 0.344. The van der Waals surface area contributed by atoms with Crippen LogP contribution in [0.3, 0.4) is 0 Å². The first-order valence-corrected chi connectivity index (χ1v) is 13.3. The van der Waals surface area contributed by atoms with Crippen molar-refractivity contribution in [3.8, 4) is 22.6 Å². The zero-order chi connectivity index (χ0) is 28.8. The minimum atomic E-state index is -0.392. The van der Waals surface area contributed by atoms with Crippen LogP contribution in [-0.2, 0) is 33.8 Å². The average Bonchev–Trinajstić information content (AvgIpc) is 3.36. The number of aromatic nitrogens is 1. The van der Waals surface area contributed by atoms with Crippen molar-refractivity contribution in [1.29, 1.82) is 0 Å². The number of nitrogens with zero attached hydrogens (tertiary/aromatic N) is 1. The van der Waals surface area contributed by atoms with Crippen molar-refractivity contribution < 1.29 is 28.1 Å². The quantitative estimate of drug-likeness (QED) is 0.212. The predicted octanol–water partition coefficient (Wildman–Crippen LogP) is 6.20. The first-order valence-electron chi connectivity index (χ1n) is 13.3. The van der Waals surface area contributed by atoms with Crippen LogP contribution in [0.1, 0.15) is 43.5 Å². The Hall–Kier alpha value is -3.88. The Bertz CT molecular complexity index is 1480. The topological polar surface area (TPSA) is 84.9 Å². The van der Waals surface area contributed by atoms with Crippen molar-refractivity contribution in [1.82, 2.24) is 4.57 Å². The number of hydrogen-bond acceptors (Lipinski definition) is 6. The van der Waals surface area contributed by atoms with Crippen LogP contribution in [0, 0.1) is 5.82 Å². The van der Waals surface area contributed by atoms with Gasteiger partial charge in [0.05, 0.1) is 20.1 Å². The molecule has 0 spiro atoms. The zero-order valence-corrected chi connectivity index (χ0v) is 23.7. The molecule has 0 amide bonds. The van der Waals surface area contributed by atoms with Crippen molar-refractivity contribution in [2.75, 3.05) is 20.8 Å². The number of methoxy groups -OCH3 is 2. The number of carbonyl (C=O) groups is 1. The van der Waals surface area contributed by atoms with Crippen LogP contribution in [0.4, 0.5) is 4.39 Å². The average molecular weight is 549 g/mol. The van der Waals surface area contributed by atoms with Crippen LogP contribution in [0.5, 0.6) is 11.5 Å². The van der Waals surface area contributed by atoms with Crippen LogP contribution in [-0.4, -0.2) is 37.5 Å². The van der Waals surface area contributed by atoms with Crippen LogP contribution >= 0.6 is 0 Å². The Balaban J connectivity index is 1.69. The van der Waals surface area contributed by atoms with Crippen LogP contribution < -0.4 is 15.2 Å². The predicted molar refractivity (Wildman–Crippen MR) is 154 cm³/mol. The van der Waals surface area contributed by atoms with Gasteiger partial charge < -0.3 is 29.2 Å². The molecule has 8 heteroatoms. The molecule has 4 rings (SSSR count). The van der Waals surface area contributed by atoms with Gasteiger partial charge in [-0.1, -0.05) is 18.2 Å². The Morgan fingerprint density at radius 3 is 2.50 bits per heavy atom. The summed E-state index contributed by atoms with van der Waals surface area (Å²) in [5.74, 6) is 0.430. The summed E-state index contributed by atoms with van der Waals surface area (Å²) in [5, 5.41) is 0.948. The maximum absolute atomic E-state index is 15.4. The Morgan fingerprint density at radius 2 is 1.80 bits per heavy atom. The fourth-order valence-corrected chi connectivity index (χ4v) is 4.84. The van der Waals surface area contributed by atoms with E-state index in [0.29, 0.717) is 34.8 Å². The van der Waals surface area contributed by atoms with Gasteiger partial charge in [0.15, 0.2) is 0 Å². The number of benzene rings is 3. The molecule has 1 heterocycles. The number of ether oxygens (including phenoxy) is 4. The number of rotatable bonds is 12. The van der Waals surface area contributed by atoms with Gasteiger partial charge in [0.2, 0.25) is 0 Å². The minimum absolute atomic E-state index is 0.0121. The van der Waals surface area contributed by atoms with E-state index in [9.17, 15) is 4.79 Å². The number of esters is 1. The monoisotopic (exact) mass is 548 g/mol. The largest absolute Gasteiger partial charge is 0.497 e. The van der Waals surface area contributed by atoms with Crippen molar-refractivity contribution in [2.45, 2.75) is 52.5 Å². The molecule has 7 nitrogen and oxygen atoms in total. The van der Waals surface area contributed by atoms with Crippen molar-refractivity contribution >= 4 is 16.9 Å². The van der Waals surface area contributed by atoms with E-state index in [1.165, 1.54) is 0 Å². The molecule has 0 saturated heterocycles. The first-order chi connectivity index (χ1) is 19.2. The van der Waals surface area contributed by atoms with Gasteiger partial charge in [-0.25, -0.2) is 4.39 Å². The van der Waals surface area contributed by atoms with Gasteiger partial charge in [0, 0.05) is 53.5 Å². The molecule has 1 atom stereocenters. The van der Waals surface area contributed by atoms with E-state index >= 15 is 4.39 Å². The molecule has 0 radical (unpaired) electrons. The second kappa shape index (κ2) is 13.0. The maximum atomic E-state index is 15.4. The summed E-state index contributed by atoms with van der Waals surface area (Å²) in [6.45, 7) is 6.62. The lowest BCUT2D eigenvalue weighted by Gasteiger charge is -2.17. The number of carbonyl (C=O) groups excluding carboxylic acids is 1. The number of halogens is 1. The molecule has 212 valence electrons. The highest BCUT2D eigenvalue weighted by Gasteiger charge is 2.18. The number of fused-ring (bicyclic) bond motifs is 1. The van der Waals surface area contributed by atoms with Crippen molar-refractivity contribution in [3.63, 3.8) is 0 Å². The molecule has 0 aliphatic heterocycles. The smallest absolute Gasteiger partial charge is 0.310 e. The summed E-state index contributed by atoms with van der Waals surface area (Å²) in [5.41, 5.74) is 10.0.